The van der Waals surface area contributed by atoms with Crippen molar-refractivity contribution in [3.8, 4) is 67.3 Å². The maximum absolute atomic E-state index is 5.32. The summed E-state index contributed by atoms with van der Waals surface area (Å²) < 4.78 is 0. The highest BCUT2D eigenvalue weighted by molar-refractivity contribution is 5.99. The second-order valence-corrected chi connectivity index (χ2v) is 12.8. The number of pyridine rings is 1. The van der Waals surface area contributed by atoms with Crippen molar-refractivity contribution in [1.29, 1.82) is 0 Å². The quantitative estimate of drug-likeness (QED) is 0.196. The fraction of sp³-hybridized carbons (Fsp3) is 0.0217. The van der Waals surface area contributed by atoms with E-state index in [1.165, 1.54) is 55.6 Å². The number of benzene rings is 6. The van der Waals surface area contributed by atoms with E-state index in [2.05, 4.69) is 157 Å². The second-order valence-electron chi connectivity index (χ2n) is 12.8. The molecule has 10 rings (SSSR count). The highest BCUT2D eigenvalue weighted by Crippen LogP contribution is 2.63. The number of fused-ring (bicyclic) bond motifs is 10. The monoisotopic (exact) mass is 623 g/mol. The molecule has 3 heteroatoms. The van der Waals surface area contributed by atoms with Gasteiger partial charge in [0.05, 0.1) is 16.8 Å². The Morgan fingerprint density at radius 3 is 1.55 bits per heavy atom. The third kappa shape index (κ3) is 4.06. The van der Waals surface area contributed by atoms with Crippen LogP contribution in [0.25, 0.3) is 67.3 Å². The lowest BCUT2D eigenvalue weighted by atomic mass is 9.70. The molecule has 1 spiro atoms. The lowest BCUT2D eigenvalue weighted by molar-refractivity contribution is 0.794. The van der Waals surface area contributed by atoms with E-state index in [1.807, 2.05) is 18.3 Å². The fourth-order valence-corrected chi connectivity index (χ4v) is 8.17. The molecule has 0 atom stereocenters. The molecule has 0 unspecified atom stereocenters. The molecule has 0 fully saturated rings. The summed E-state index contributed by atoms with van der Waals surface area (Å²) in [5, 5.41) is 0. The first-order valence-electron chi connectivity index (χ1n) is 16.7. The highest BCUT2D eigenvalue weighted by atomic mass is 14.9. The molecule has 49 heavy (non-hydrogen) atoms. The minimum Gasteiger partial charge on any atom is -0.264 e. The van der Waals surface area contributed by atoms with E-state index < -0.39 is 5.41 Å². The van der Waals surface area contributed by atoms with Crippen molar-refractivity contribution in [2.75, 3.05) is 0 Å². The average molecular weight is 624 g/mol. The Morgan fingerprint density at radius 2 is 0.878 bits per heavy atom. The van der Waals surface area contributed by atoms with E-state index >= 15 is 0 Å². The maximum atomic E-state index is 5.32. The topological polar surface area (TPSA) is 38.7 Å². The summed E-state index contributed by atoms with van der Waals surface area (Å²) in [5.41, 5.74) is 16.9. The molecule has 2 aromatic heterocycles. The lowest BCUT2D eigenvalue weighted by Gasteiger charge is -2.30. The first kappa shape index (κ1) is 27.6. The number of nitrogens with zero attached hydrogens (tertiary/aromatic N) is 3. The van der Waals surface area contributed by atoms with Crippen molar-refractivity contribution >= 4 is 0 Å². The Bertz CT molecular complexity index is 2490. The highest BCUT2D eigenvalue weighted by Gasteiger charge is 2.52. The molecule has 2 aliphatic carbocycles. The smallest absolute Gasteiger partial charge is 0.161 e. The summed E-state index contributed by atoms with van der Waals surface area (Å²) in [6.07, 6.45) is 3.67. The molecule has 3 nitrogen and oxygen atoms in total. The van der Waals surface area contributed by atoms with Gasteiger partial charge < -0.3 is 0 Å². The number of rotatable bonds is 4. The van der Waals surface area contributed by atoms with Crippen LogP contribution < -0.4 is 0 Å². The lowest BCUT2D eigenvalue weighted by Crippen LogP contribution is -2.25. The van der Waals surface area contributed by atoms with Crippen molar-refractivity contribution in [3.05, 3.63) is 198 Å². The molecule has 228 valence electrons. The van der Waals surface area contributed by atoms with Crippen LogP contribution in [0.2, 0.25) is 0 Å². The summed E-state index contributed by atoms with van der Waals surface area (Å²) in [6.45, 7) is 0. The summed E-state index contributed by atoms with van der Waals surface area (Å²) in [6, 6.07) is 58.6. The van der Waals surface area contributed by atoms with Gasteiger partial charge in [0, 0.05) is 29.1 Å². The Morgan fingerprint density at radius 1 is 0.367 bits per heavy atom. The zero-order valence-corrected chi connectivity index (χ0v) is 26.6. The summed E-state index contributed by atoms with van der Waals surface area (Å²) in [7, 11) is 0. The molecule has 0 saturated carbocycles. The van der Waals surface area contributed by atoms with Gasteiger partial charge in [0.1, 0.15) is 0 Å². The van der Waals surface area contributed by atoms with Crippen LogP contribution in [0.15, 0.2) is 176 Å². The van der Waals surface area contributed by atoms with Crippen LogP contribution in [0, 0.1) is 0 Å². The van der Waals surface area contributed by atoms with Gasteiger partial charge in [-0.15, -0.1) is 0 Å². The normalized spacial score (nSPS) is 13.1. The minimum absolute atomic E-state index is 0.424. The molecular weight excluding hydrogens is 595 g/mol. The molecule has 0 amide bonds. The molecule has 0 bridgehead atoms. The molecule has 2 aliphatic rings. The van der Waals surface area contributed by atoms with E-state index in [-0.39, 0.29) is 0 Å². The van der Waals surface area contributed by atoms with Gasteiger partial charge >= 0.3 is 0 Å². The molecule has 0 radical (unpaired) electrons. The SMILES string of the molecule is c1ccc(-c2ccc(-c3cc(-c4cccnc4)nc(-c4cccc5c4-c4ccccc4C54c5ccccc5-c5ccccc54)n3)cc2)cc1. The van der Waals surface area contributed by atoms with Crippen LogP contribution in [-0.2, 0) is 5.41 Å². The molecule has 0 saturated heterocycles. The first-order valence-corrected chi connectivity index (χ1v) is 16.7. The molecule has 2 heterocycles. The Hall–Kier alpha value is -6.45. The van der Waals surface area contributed by atoms with E-state index in [9.17, 15) is 0 Å². The van der Waals surface area contributed by atoms with Crippen molar-refractivity contribution in [2.45, 2.75) is 5.41 Å². The number of hydrogen-bond acceptors (Lipinski definition) is 3. The fourth-order valence-electron chi connectivity index (χ4n) is 8.17. The summed E-state index contributed by atoms with van der Waals surface area (Å²) >= 11 is 0. The van der Waals surface area contributed by atoms with E-state index in [4.69, 9.17) is 9.97 Å². The molecule has 6 aromatic carbocycles. The predicted octanol–water partition coefficient (Wildman–Crippen LogP) is 10.9. The van der Waals surface area contributed by atoms with Gasteiger partial charge in [-0.3, -0.25) is 4.98 Å². The van der Waals surface area contributed by atoms with Crippen molar-refractivity contribution in [1.82, 2.24) is 15.0 Å². The second kappa shape index (κ2) is 10.8. The predicted molar refractivity (Wildman–Crippen MR) is 198 cm³/mol. The Kier molecular flexibility index (Phi) is 6.09. The van der Waals surface area contributed by atoms with Crippen LogP contribution in [0.3, 0.4) is 0 Å². The standard InChI is InChI=1S/C46H29N3/c1-2-12-30(13-3-1)31-23-25-32(26-24-31)42-28-43(33-14-11-27-47-29-33)49-45(48-42)37-18-10-22-41-44(37)36-17-6-9-21-40(36)46(41)38-19-7-4-15-34(38)35-16-5-8-20-39(35)46/h1-29H. The van der Waals surface area contributed by atoms with Crippen molar-refractivity contribution in [3.63, 3.8) is 0 Å². The average Bonchev–Trinajstić information content (AvgIpc) is 3.66. The number of hydrogen-bond donors (Lipinski definition) is 0. The van der Waals surface area contributed by atoms with Crippen LogP contribution in [0.5, 0.6) is 0 Å². The van der Waals surface area contributed by atoms with Gasteiger partial charge in [-0.25, -0.2) is 9.97 Å². The third-order valence-corrected chi connectivity index (χ3v) is 10.2. The summed E-state index contributed by atoms with van der Waals surface area (Å²) in [5.74, 6) is 0.701. The first-order chi connectivity index (χ1) is 24.3. The van der Waals surface area contributed by atoms with Gasteiger partial charge in [-0.2, -0.15) is 0 Å². The van der Waals surface area contributed by atoms with Crippen LogP contribution in [-0.4, -0.2) is 15.0 Å². The van der Waals surface area contributed by atoms with Gasteiger partial charge in [-0.1, -0.05) is 146 Å². The largest absolute Gasteiger partial charge is 0.264 e. The van der Waals surface area contributed by atoms with Crippen LogP contribution in [0.1, 0.15) is 22.3 Å². The van der Waals surface area contributed by atoms with Crippen LogP contribution >= 0.6 is 0 Å². The summed E-state index contributed by atoms with van der Waals surface area (Å²) in [4.78, 5) is 15.0. The molecule has 0 N–H and O–H groups in total. The van der Waals surface area contributed by atoms with E-state index in [1.54, 1.807) is 6.20 Å². The van der Waals surface area contributed by atoms with Gasteiger partial charge in [-0.05, 0) is 73.8 Å². The third-order valence-electron chi connectivity index (χ3n) is 10.2. The van der Waals surface area contributed by atoms with Gasteiger partial charge in [0.15, 0.2) is 5.82 Å². The maximum Gasteiger partial charge on any atom is 0.161 e. The Balaban J connectivity index is 1.22. The minimum atomic E-state index is -0.424. The van der Waals surface area contributed by atoms with Crippen molar-refractivity contribution < 1.29 is 0 Å². The molecule has 8 aromatic rings. The van der Waals surface area contributed by atoms with Crippen LogP contribution in [0.4, 0.5) is 0 Å². The van der Waals surface area contributed by atoms with E-state index in [0.717, 1.165) is 28.1 Å². The van der Waals surface area contributed by atoms with E-state index in [0.29, 0.717) is 5.82 Å². The van der Waals surface area contributed by atoms with Gasteiger partial charge in [0.25, 0.3) is 0 Å². The molecule has 0 aliphatic heterocycles. The van der Waals surface area contributed by atoms with Gasteiger partial charge in [0.2, 0.25) is 0 Å². The molecular formula is C46H29N3. The van der Waals surface area contributed by atoms with Crippen molar-refractivity contribution in [2.24, 2.45) is 0 Å². The zero-order chi connectivity index (χ0) is 32.4. The Labute approximate surface area is 285 Å². The number of aromatic nitrogens is 3. The zero-order valence-electron chi connectivity index (χ0n) is 26.6.